The van der Waals surface area contributed by atoms with Gasteiger partial charge in [-0.2, -0.15) is 0 Å². The van der Waals surface area contributed by atoms with Crippen molar-refractivity contribution in [3.8, 4) is 5.75 Å². The van der Waals surface area contributed by atoms with Crippen LogP contribution in [0.2, 0.25) is 0 Å². The van der Waals surface area contributed by atoms with Crippen LogP contribution in [0.15, 0.2) is 48.5 Å². The molecule has 106 valence electrons. The molecule has 2 heteroatoms. The summed E-state index contributed by atoms with van der Waals surface area (Å²) >= 11 is 0. The van der Waals surface area contributed by atoms with Gasteiger partial charge in [0.1, 0.15) is 12.4 Å². The molecule has 1 N–H and O–H groups in total. The van der Waals surface area contributed by atoms with Crippen LogP contribution in [0.5, 0.6) is 5.75 Å². The summed E-state index contributed by atoms with van der Waals surface area (Å²) in [5.41, 5.74) is 3.77. The Hall–Kier alpha value is -1.80. The zero-order valence-electron chi connectivity index (χ0n) is 12.4. The number of aryl methyl sites for hydroxylation is 1. The molecular formula is C18H23NO. The van der Waals surface area contributed by atoms with Gasteiger partial charge in [0.15, 0.2) is 0 Å². The average Bonchev–Trinajstić information content (AvgIpc) is 2.47. The van der Waals surface area contributed by atoms with E-state index in [1.807, 2.05) is 6.07 Å². The standard InChI is InChI=1S/C18H23NO/c1-3-11-19-13-16-8-6-10-18(12-16)20-14-17-9-5-4-7-15(17)2/h4-10,12,19H,3,11,13-14H2,1-2H3. The minimum Gasteiger partial charge on any atom is -0.489 e. The van der Waals surface area contributed by atoms with Crippen molar-refractivity contribution in [2.45, 2.75) is 33.4 Å². The second kappa shape index (κ2) is 7.71. The Bertz CT molecular complexity index is 536. The maximum atomic E-state index is 5.89. The summed E-state index contributed by atoms with van der Waals surface area (Å²) in [5, 5.41) is 3.41. The minimum atomic E-state index is 0.624. The first-order valence-corrected chi connectivity index (χ1v) is 7.26. The van der Waals surface area contributed by atoms with E-state index in [-0.39, 0.29) is 0 Å². The maximum absolute atomic E-state index is 5.89. The van der Waals surface area contributed by atoms with Gasteiger partial charge in [-0.1, -0.05) is 43.3 Å². The first-order chi connectivity index (χ1) is 9.79. The van der Waals surface area contributed by atoms with Gasteiger partial charge >= 0.3 is 0 Å². The molecular weight excluding hydrogens is 246 g/mol. The van der Waals surface area contributed by atoms with E-state index in [0.29, 0.717) is 6.61 Å². The molecule has 0 saturated heterocycles. The van der Waals surface area contributed by atoms with Crippen molar-refractivity contribution < 1.29 is 4.74 Å². The number of ether oxygens (including phenoxy) is 1. The van der Waals surface area contributed by atoms with Gasteiger partial charge in [-0.15, -0.1) is 0 Å². The van der Waals surface area contributed by atoms with Gasteiger partial charge < -0.3 is 10.1 Å². The molecule has 0 heterocycles. The first-order valence-electron chi connectivity index (χ1n) is 7.26. The fourth-order valence-corrected chi connectivity index (χ4v) is 2.09. The number of benzene rings is 2. The highest BCUT2D eigenvalue weighted by atomic mass is 16.5. The SMILES string of the molecule is CCCNCc1cccc(OCc2ccccc2C)c1. The van der Waals surface area contributed by atoms with Crippen molar-refractivity contribution in [3.63, 3.8) is 0 Å². The van der Waals surface area contributed by atoms with Gasteiger partial charge in [0.25, 0.3) is 0 Å². The van der Waals surface area contributed by atoms with Crippen LogP contribution in [0, 0.1) is 6.92 Å². The van der Waals surface area contributed by atoms with Crippen molar-refractivity contribution in [3.05, 3.63) is 65.2 Å². The van der Waals surface area contributed by atoms with Crippen molar-refractivity contribution in [2.75, 3.05) is 6.54 Å². The van der Waals surface area contributed by atoms with Crippen molar-refractivity contribution >= 4 is 0 Å². The summed E-state index contributed by atoms with van der Waals surface area (Å²) in [6, 6.07) is 16.6. The largest absolute Gasteiger partial charge is 0.489 e. The molecule has 2 aromatic rings. The van der Waals surface area contributed by atoms with Crippen LogP contribution < -0.4 is 10.1 Å². The first kappa shape index (κ1) is 14.6. The highest BCUT2D eigenvalue weighted by molar-refractivity contribution is 5.30. The number of hydrogen-bond acceptors (Lipinski definition) is 2. The van der Waals surface area contributed by atoms with Gasteiger partial charge in [0, 0.05) is 6.54 Å². The Balaban J connectivity index is 1.93. The lowest BCUT2D eigenvalue weighted by Gasteiger charge is -2.10. The summed E-state index contributed by atoms with van der Waals surface area (Å²) < 4.78 is 5.89. The van der Waals surface area contributed by atoms with Crippen molar-refractivity contribution in [2.24, 2.45) is 0 Å². The van der Waals surface area contributed by atoms with E-state index in [4.69, 9.17) is 4.74 Å². The van der Waals surface area contributed by atoms with E-state index in [1.165, 1.54) is 16.7 Å². The lowest BCUT2D eigenvalue weighted by atomic mass is 10.1. The van der Waals surface area contributed by atoms with Crippen LogP contribution in [0.25, 0.3) is 0 Å². The number of hydrogen-bond donors (Lipinski definition) is 1. The summed E-state index contributed by atoms with van der Waals surface area (Å²) in [6.07, 6.45) is 1.16. The molecule has 0 unspecified atom stereocenters. The summed E-state index contributed by atoms with van der Waals surface area (Å²) in [4.78, 5) is 0. The Morgan fingerprint density at radius 3 is 2.70 bits per heavy atom. The fraction of sp³-hybridized carbons (Fsp3) is 0.333. The second-order valence-electron chi connectivity index (χ2n) is 5.04. The lowest BCUT2D eigenvalue weighted by molar-refractivity contribution is 0.305. The molecule has 0 atom stereocenters. The molecule has 0 aliphatic carbocycles. The summed E-state index contributed by atoms with van der Waals surface area (Å²) in [5.74, 6) is 0.934. The van der Waals surface area contributed by atoms with Crippen LogP contribution in [-0.4, -0.2) is 6.54 Å². The van der Waals surface area contributed by atoms with E-state index in [9.17, 15) is 0 Å². The number of rotatable bonds is 7. The van der Waals surface area contributed by atoms with Gasteiger partial charge in [-0.05, 0) is 48.7 Å². The quantitative estimate of drug-likeness (QED) is 0.765. The molecule has 0 aliphatic heterocycles. The van der Waals surface area contributed by atoms with Crippen LogP contribution in [0.4, 0.5) is 0 Å². The molecule has 0 radical (unpaired) electrons. The average molecular weight is 269 g/mol. The third-order valence-corrected chi connectivity index (χ3v) is 3.31. The molecule has 2 nitrogen and oxygen atoms in total. The fourth-order valence-electron chi connectivity index (χ4n) is 2.09. The third-order valence-electron chi connectivity index (χ3n) is 3.31. The molecule has 2 rings (SSSR count). The Labute approximate surface area is 121 Å². The van der Waals surface area contributed by atoms with Gasteiger partial charge in [0.05, 0.1) is 0 Å². The predicted molar refractivity (Wildman–Crippen MR) is 84.0 cm³/mol. The van der Waals surface area contributed by atoms with Crippen molar-refractivity contribution in [1.82, 2.24) is 5.32 Å². The third kappa shape index (κ3) is 4.39. The Kier molecular flexibility index (Phi) is 5.63. The molecule has 20 heavy (non-hydrogen) atoms. The highest BCUT2D eigenvalue weighted by Gasteiger charge is 2.00. The zero-order chi connectivity index (χ0) is 14.2. The normalized spacial score (nSPS) is 10.5. The summed E-state index contributed by atoms with van der Waals surface area (Å²) in [6.45, 7) is 6.86. The second-order valence-corrected chi connectivity index (χ2v) is 5.04. The smallest absolute Gasteiger partial charge is 0.120 e. The molecule has 0 bridgehead atoms. The number of nitrogens with one attached hydrogen (secondary N) is 1. The van der Waals surface area contributed by atoms with Gasteiger partial charge in [0.2, 0.25) is 0 Å². The molecule has 2 aromatic carbocycles. The maximum Gasteiger partial charge on any atom is 0.120 e. The zero-order valence-corrected chi connectivity index (χ0v) is 12.4. The molecule has 0 aromatic heterocycles. The monoisotopic (exact) mass is 269 g/mol. The topological polar surface area (TPSA) is 21.3 Å². The van der Waals surface area contributed by atoms with Crippen LogP contribution >= 0.6 is 0 Å². The van der Waals surface area contributed by atoms with Crippen LogP contribution in [-0.2, 0) is 13.2 Å². The van der Waals surface area contributed by atoms with E-state index in [1.54, 1.807) is 0 Å². The molecule has 0 aliphatic rings. The van der Waals surface area contributed by atoms with Crippen LogP contribution in [0.1, 0.15) is 30.0 Å². The molecule has 0 amide bonds. The van der Waals surface area contributed by atoms with E-state index in [2.05, 4.69) is 61.6 Å². The van der Waals surface area contributed by atoms with E-state index < -0.39 is 0 Å². The highest BCUT2D eigenvalue weighted by Crippen LogP contribution is 2.16. The minimum absolute atomic E-state index is 0.624. The molecule has 0 saturated carbocycles. The molecule has 0 fully saturated rings. The Morgan fingerprint density at radius 2 is 1.90 bits per heavy atom. The van der Waals surface area contributed by atoms with E-state index >= 15 is 0 Å². The predicted octanol–water partition coefficient (Wildman–Crippen LogP) is 4.07. The van der Waals surface area contributed by atoms with E-state index in [0.717, 1.165) is 25.3 Å². The lowest BCUT2D eigenvalue weighted by Crippen LogP contribution is -2.13. The Morgan fingerprint density at radius 1 is 1.05 bits per heavy atom. The van der Waals surface area contributed by atoms with Crippen molar-refractivity contribution in [1.29, 1.82) is 0 Å². The van der Waals surface area contributed by atoms with Gasteiger partial charge in [-0.3, -0.25) is 0 Å². The summed E-state index contributed by atoms with van der Waals surface area (Å²) in [7, 11) is 0. The van der Waals surface area contributed by atoms with Crippen LogP contribution in [0.3, 0.4) is 0 Å². The molecule has 0 spiro atoms. The van der Waals surface area contributed by atoms with Gasteiger partial charge in [-0.25, -0.2) is 0 Å².